The quantitative estimate of drug-likeness (QED) is 0.749. The van der Waals surface area contributed by atoms with E-state index in [1.165, 1.54) is 0 Å². The van der Waals surface area contributed by atoms with Crippen LogP contribution in [0.5, 0.6) is 5.75 Å². The molecule has 0 saturated heterocycles. The Kier molecular flexibility index (Phi) is 6.56. The zero-order valence-electron chi connectivity index (χ0n) is 12.7. The van der Waals surface area contributed by atoms with Gasteiger partial charge < -0.3 is 15.4 Å². The van der Waals surface area contributed by atoms with E-state index in [0.717, 1.165) is 11.4 Å². The molecule has 0 aromatic heterocycles. The summed E-state index contributed by atoms with van der Waals surface area (Å²) in [7, 11) is 0. The summed E-state index contributed by atoms with van der Waals surface area (Å²) in [5.74, 6) is 0.697. The first-order chi connectivity index (χ1) is 11.1. The van der Waals surface area contributed by atoms with Crippen molar-refractivity contribution in [3.05, 3.63) is 52.5 Å². The van der Waals surface area contributed by atoms with E-state index < -0.39 is 0 Å². The molecule has 0 aliphatic rings. The molecule has 0 heterocycles. The maximum absolute atomic E-state index is 11.9. The highest BCUT2D eigenvalue weighted by atomic mass is 35.5. The van der Waals surface area contributed by atoms with Crippen LogP contribution in [0.1, 0.15) is 13.3 Å². The Bertz CT molecular complexity index is 660. The third-order valence-corrected chi connectivity index (χ3v) is 3.61. The molecule has 0 spiro atoms. The van der Waals surface area contributed by atoms with Crippen molar-refractivity contribution in [3.8, 4) is 5.75 Å². The molecule has 0 unspecified atom stereocenters. The molecule has 0 radical (unpaired) electrons. The number of amides is 1. The topological polar surface area (TPSA) is 50.4 Å². The third-order valence-electron chi connectivity index (χ3n) is 3.04. The Balaban J connectivity index is 1.79. The zero-order valence-corrected chi connectivity index (χ0v) is 14.2. The Morgan fingerprint density at radius 1 is 1.13 bits per heavy atom. The van der Waals surface area contributed by atoms with Gasteiger partial charge in [-0.3, -0.25) is 4.79 Å². The van der Waals surface area contributed by atoms with Crippen LogP contribution in [0, 0.1) is 0 Å². The standard InChI is InChI=1S/C17H18Cl2N2O2/c1-2-23-14-6-4-13(5-7-14)21-17(22)9-10-20-16-11-12(18)3-8-15(16)19/h3-8,11,20H,2,9-10H2,1H3,(H,21,22). The number of nitrogens with one attached hydrogen (secondary N) is 2. The van der Waals surface area contributed by atoms with Crippen molar-refractivity contribution in [2.45, 2.75) is 13.3 Å². The largest absolute Gasteiger partial charge is 0.494 e. The average Bonchev–Trinajstić information content (AvgIpc) is 2.53. The van der Waals surface area contributed by atoms with Gasteiger partial charge in [0, 0.05) is 23.7 Å². The van der Waals surface area contributed by atoms with Crippen LogP contribution in [0.2, 0.25) is 10.0 Å². The lowest BCUT2D eigenvalue weighted by Gasteiger charge is -2.10. The summed E-state index contributed by atoms with van der Waals surface area (Å²) in [5.41, 5.74) is 1.45. The minimum Gasteiger partial charge on any atom is -0.494 e. The van der Waals surface area contributed by atoms with Crippen molar-refractivity contribution in [1.82, 2.24) is 0 Å². The Labute approximate surface area is 145 Å². The maximum Gasteiger partial charge on any atom is 0.226 e. The lowest BCUT2D eigenvalue weighted by atomic mass is 10.2. The molecule has 0 fully saturated rings. The lowest BCUT2D eigenvalue weighted by molar-refractivity contribution is -0.115. The van der Waals surface area contributed by atoms with Crippen LogP contribution in [0.25, 0.3) is 0 Å². The fourth-order valence-electron chi connectivity index (χ4n) is 1.97. The Morgan fingerprint density at radius 2 is 1.87 bits per heavy atom. The zero-order chi connectivity index (χ0) is 16.7. The summed E-state index contributed by atoms with van der Waals surface area (Å²) in [4.78, 5) is 11.9. The minimum atomic E-state index is -0.0835. The summed E-state index contributed by atoms with van der Waals surface area (Å²) in [5, 5.41) is 7.09. The van der Waals surface area contributed by atoms with Gasteiger partial charge in [0.15, 0.2) is 0 Å². The van der Waals surface area contributed by atoms with Gasteiger partial charge in [-0.15, -0.1) is 0 Å². The van der Waals surface area contributed by atoms with Crippen molar-refractivity contribution >= 4 is 40.5 Å². The van der Waals surface area contributed by atoms with Gasteiger partial charge in [0.2, 0.25) is 5.91 Å². The fraction of sp³-hybridized carbons (Fsp3) is 0.235. The molecule has 2 aromatic rings. The SMILES string of the molecule is CCOc1ccc(NC(=O)CCNc2cc(Cl)ccc2Cl)cc1. The number of carbonyl (C=O) groups is 1. The van der Waals surface area contributed by atoms with Gasteiger partial charge in [-0.2, -0.15) is 0 Å². The molecule has 6 heteroatoms. The average molecular weight is 353 g/mol. The second-order valence-electron chi connectivity index (χ2n) is 4.81. The highest BCUT2D eigenvalue weighted by Crippen LogP contribution is 2.25. The number of benzene rings is 2. The minimum absolute atomic E-state index is 0.0835. The summed E-state index contributed by atoms with van der Waals surface area (Å²) in [6, 6.07) is 12.4. The second kappa shape index (κ2) is 8.65. The van der Waals surface area contributed by atoms with Gasteiger partial charge in [-0.05, 0) is 49.4 Å². The normalized spacial score (nSPS) is 10.2. The number of rotatable bonds is 7. The predicted octanol–water partition coefficient (Wildman–Crippen LogP) is 4.83. The van der Waals surface area contributed by atoms with Gasteiger partial charge in [0.25, 0.3) is 0 Å². The van der Waals surface area contributed by atoms with Gasteiger partial charge in [0.1, 0.15) is 5.75 Å². The first-order valence-corrected chi connectivity index (χ1v) is 8.05. The van der Waals surface area contributed by atoms with Crippen molar-refractivity contribution < 1.29 is 9.53 Å². The molecule has 0 atom stereocenters. The smallest absolute Gasteiger partial charge is 0.226 e. The molecule has 23 heavy (non-hydrogen) atoms. The first kappa shape index (κ1) is 17.4. The Hall–Kier alpha value is -1.91. The number of anilines is 2. The van der Waals surface area contributed by atoms with Crippen LogP contribution in [0.4, 0.5) is 11.4 Å². The van der Waals surface area contributed by atoms with Gasteiger partial charge >= 0.3 is 0 Å². The summed E-state index contributed by atoms with van der Waals surface area (Å²) < 4.78 is 5.35. The van der Waals surface area contributed by atoms with Crippen molar-refractivity contribution in [1.29, 1.82) is 0 Å². The van der Waals surface area contributed by atoms with E-state index in [4.69, 9.17) is 27.9 Å². The predicted molar refractivity (Wildman–Crippen MR) is 95.8 cm³/mol. The van der Waals surface area contributed by atoms with Crippen molar-refractivity contribution in [2.75, 3.05) is 23.8 Å². The number of hydrogen-bond acceptors (Lipinski definition) is 3. The van der Waals surface area contributed by atoms with E-state index in [2.05, 4.69) is 10.6 Å². The Morgan fingerprint density at radius 3 is 2.57 bits per heavy atom. The number of hydrogen-bond donors (Lipinski definition) is 2. The second-order valence-corrected chi connectivity index (χ2v) is 5.65. The number of ether oxygens (including phenoxy) is 1. The molecule has 2 aromatic carbocycles. The summed E-state index contributed by atoms with van der Waals surface area (Å²) in [6.45, 7) is 3.00. The van der Waals surface area contributed by atoms with Gasteiger partial charge in [-0.1, -0.05) is 23.2 Å². The molecule has 0 aliphatic carbocycles. The van der Waals surface area contributed by atoms with E-state index in [1.807, 2.05) is 31.2 Å². The van der Waals surface area contributed by atoms with Gasteiger partial charge in [-0.25, -0.2) is 0 Å². The maximum atomic E-state index is 11.9. The molecule has 2 rings (SSSR count). The van der Waals surface area contributed by atoms with Crippen molar-refractivity contribution in [2.24, 2.45) is 0 Å². The van der Waals surface area contributed by atoms with E-state index >= 15 is 0 Å². The van der Waals surface area contributed by atoms with Crippen LogP contribution in [0.3, 0.4) is 0 Å². The highest BCUT2D eigenvalue weighted by molar-refractivity contribution is 6.35. The van der Waals surface area contributed by atoms with E-state index in [1.54, 1.807) is 18.2 Å². The van der Waals surface area contributed by atoms with E-state index in [0.29, 0.717) is 35.3 Å². The molecule has 0 saturated carbocycles. The number of carbonyl (C=O) groups excluding carboxylic acids is 1. The van der Waals surface area contributed by atoms with Crippen LogP contribution in [0.15, 0.2) is 42.5 Å². The first-order valence-electron chi connectivity index (χ1n) is 7.30. The van der Waals surface area contributed by atoms with E-state index in [9.17, 15) is 4.79 Å². The van der Waals surface area contributed by atoms with Crippen LogP contribution < -0.4 is 15.4 Å². The molecule has 122 valence electrons. The number of halogens is 2. The molecule has 2 N–H and O–H groups in total. The molecule has 4 nitrogen and oxygen atoms in total. The van der Waals surface area contributed by atoms with E-state index in [-0.39, 0.29) is 5.91 Å². The van der Waals surface area contributed by atoms with Crippen LogP contribution in [-0.2, 0) is 4.79 Å². The molecule has 0 aliphatic heterocycles. The lowest BCUT2D eigenvalue weighted by Crippen LogP contribution is -2.16. The van der Waals surface area contributed by atoms with Gasteiger partial charge in [0.05, 0.1) is 17.3 Å². The molecular formula is C17H18Cl2N2O2. The highest BCUT2D eigenvalue weighted by Gasteiger charge is 2.05. The van der Waals surface area contributed by atoms with Crippen LogP contribution in [-0.4, -0.2) is 19.1 Å². The summed E-state index contributed by atoms with van der Waals surface area (Å²) >= 11 is 12.0. The molecular weight excluding hydrogens is 335 g/mol. The fourth-order valence-corrected chi connectivity index (χ4v) is 2.32. The third kappa shape index (κ3) is 5.66. The monoisotopic (exact) mass is 352 g/mol. The summed E-state index contributed by atoms with van der Waals surface area (Å²) in [6.07, 6.45) is 0.316. The molecule has 0 bridgehead atoms. The van der Waals surface area contributed by atoms with Crippen LogP contribution >= 0.6 is 23.2 Å². The molecule has 1 amide bonds. The van der Waals surface area contributed by atoms with Crippen molar-refractivity contribution in [3.63, 3.8) is 0 Å².